The zero-order chi connectivity index (χ0) is 12.3. The first kappa shape index (κ1) is 12.8. The summed E-state index contributed by atoms with van der Waals surface area (Å²) in [5, 5.41) is 6.09. The lowest BCUT2D eigenvalue weighted by atomic mass is 9.98. The molecule has 0 aromatic rings. The number of rotatable bonds is 3. The minimum Gasteiger partial charge on any atom is -0.356 e. The average Bonchev–Trinajstić information content (AvgIpc) is 2.67. The monoisotopic (exact) mass is 260 g/mol. The summed E-state index contributed by atoms with van der Waals surface area (Å²) in [6.45, 7) is 2.24. The van der Waals surface area contributed by atoms with Crippen molar-refractivity contribution in [3.05, 3.63) is 0 Å². The molecule has 1 unspecified atom stereocenters. The minimum atomic E-state index is -2.83. The molecule has 0 radical (unpaired) electrons. The van der Waals surface area contributed by atoms with E-state index in [2.05, 4.69) is 10.6 Å². The molecular weight excluding hydrogens is 240 g/mol. The van der Waals surface area contributed by atoms with E-state index in [0.717, 1.165) is 25.9 Å². The number of nitrogens with one attached hydrogen (secondary N) is 2. The van der Waals surface area contributed by atoms with Crippen molar-refractivity contribution < 1.29 is 13.2 Å². The van der Waals surface area contributed by atoms with Crippen molar-refractivity contribution in [2.24, 2.45) is 11.8 Å². The van der Waals surface area contributed by atoms with Gasteiger partial charge in [-0.3, -0.25) is 4.79 Å². The van der Waals surface area contributed by atoms with Gasteiger partial charge in [-0.2, -0.15) is 0 Å². The molecule has 2 rings (SSSR count). The Labute approximate surface area is 102 Å². The van der Waals surface area contributed by atoms with E-state index < -0.39 is 9.84 Å². The van der Waals surface area contributed by atoms with E-state index in [4.69, 9.17) is 0 Å². The van der Waals surface area contributed by atoms with Crippen molar-refractivity contribution in [3.63, 3.8) is 0 Å². The summed E-state index contributed by atoms with van der Waals surface area (Å²) in [6, 6.07) is 0. The summed E-state index contributed by atoms with van der Waals surface area (Å²) in [6.07, 6.45) is 2.66. The smallest absolute Gasteiger partial charge is 0.224 e. The largest absolute Gasteiger partial charge is 0.356 e. The van der Waals surface area contributed by atoms with Gasteiger partial charge in [0.25, 0.3) is 0 Å². The lowest BCUT2D eigenvalue weighted by molar-refractivity contribution is -0.125. The molecule has 98 valence electrons. The standard InChI is InChI=1S/C11H20N2O3S/c14-11(10-2-1-4-12-7-10)13-6-9-3-5-17(15,16)8-9/h9-10,12H,1-8H2,(H,13,14)/t9?,10-/m1/s1. The second-order valence-corrected chi connectivity index (χ2v) is 7.29. The van der Waals surface area contributed by atoms with Crippen LogP contribution in [0.1, 0.15) is 19.3 Å². The third kappa shape index (κ3) is 3.67. The molecule has 6 heteroatoms. The van der Waals surface area contributed by atoms with Crippen molar-refractivity contribution in [3.8, 4) is 0 Å². The average molecular weight is 260 g/mol. The van der Waals surface area contributed by atoms with Crippen molar-refractivity contribution in [2.75, 3.05) is 31.1 Å². The maximum absolute atomic E-state index is 11.8. The fraction of sp³-hybridized carbons (Fsp3) is 0.909. The van der Waals surface area contributed by atoms with E-state index in [1.165, 1.54) is 0 Å². The molecule has 2 fully saturated rings. The summed E-state index contributed by atoms with van der Waals surface area (Å²) in [5.41, 5.74) is 0. The van der Waals surface area contributed by atoms with Gasteiger partial charge in [-0.05, 0) is 31.7 Å². The molecule has 2 aliphatic rings. The number of amides is 1. The van der Waals surface area contributed by atoms with Gasteiger partial charge >= 0.3 is 0 Å². The molecule has 2 heterocycles. The van der Waals surface area contributed by atoms with Crippen LogP contribution in [0.25, 0.3) is 0 Å². The van der Waals surface area contributed by atoms with E-state index in [1.54, 1.807) is 0 Å². The summed E-state index contributed by atoms with van der Waals surface area (Å²) < 4.78 is 22.5. The van der Waals surface area contributed by atoms with Crippen LogP contribution >= 0.6 is 0 Å². The lowest BCUT2D eigenvalue weighted by Crippen LogP contribution is -2.42. The van der Waals surface area contributed by atoms with Crippen molar-refractivity contribution in [1.82, 2.24) is 10.6 Å². The van der Waals surface area contributed by atoms with Crippen LogP contribution in [0.4, 0.5) is 0 Å². The maximum atomic E-state index is 11.8. The van der Waals surface area contributed by atoms with Gasteiger partial charge in [0.1, 0.15) is 0 Å². The van der Waals surface area contributed by atoms with Crippen LogP contribution in [0.15, 0.2) is 0 Å². The van der Waals surface area contributed by atoms with Crippen molar-refractivity contribution in [2.45, 2.75) is 19.3 Å². The number of piperidine rings is 1. The second kappa shape index (κ2) is 5.35. The Morgan fingerprint density at radius 2 is 2.18 bits per heavy atom. The Morgan fingerprint density at radius 3 is 2.76 bits per heavy atom. The first-order valence-electron chi connectivity index (χ1n) is 6.26. The highest BCUT2D eigenvalue weighted by atomic mass is 32.2. The summed E-state index contributed by atoms with van der Waals surface area (Å²) in [4.78, 5) is 11.8. The van der Waals surface area contributed by atoms with Crippen LogP contribution in [0, 0.1) is 11.8 Å². The second-order valence-electron chi connectivity index (χ2n) is 5.06. The Kier molecular flexibility index (Phi) is 4.04. The van der Waals surface area contributed by atoms with E-state index in [9.17, 15) is 13.2 Å². The van der Waals surface area contributed by atoms with Crippen LogP contribution in [-0.4, -0.2) is 45.5 Å². The first-order chi connectivity index (χ1) is 8.07. The van der Waals surface area contributed by atoms with Gasteiger partial charge in [0.15, 0.2) is 9.84 Å². The van der Waals surface area contributed by atoms with Gasteiger partial charge in [0.05, 0.1) is 17.4 Å². The zero-order valence-electron chi connectivity index (χ0n) is 9.94. The summed E-state index contributed by atoms with van der Waals surface area (Å²) in [5.74, 6) is 0.748. The van der Waals surface area contributed by atoms with E-state index in [1.807, 2.05) is 0 Å². The molecule has 2 N–H and O–H groups in total. The van der Waals surface area contributed by atoms with Crippen molar-refractivity contribution >= 4 is 15.7 Å². The Hall–Kier alpha value is -0.620. The molecule has 2 saturated heterocycles. The van der Waals surface area contributed by atoms with Gasteiger partial charge in [0.2, 0.25) is 5.91 Å². The van der Waals surface area contributed by atoms with Gasteiger partial charge in [-0.25, -0.2) is 8.42 Å². The van der Waals surface area contributed by atoms with Crippen LogP contribution in [0.2, 0.25) is 0 Å². The van der Waals surface area contributed by atoms with Crippen LogP contribution in [0.5, 0.6) is 0 Å². The molecule has 5 nitrogen and oxygen atoms in total. The molecule has 0 bridgehead atoms. The predicted molar refractivity (Wildman–Crippen MR) is 65.4 cm³/mol. The number of hydrogen-bond acceptors (Lipinski definition) is 4. The fourth-order valence-electron chi connectivity index (χ4n) is 2.50. The quantitative estimate of drug-likeness (QED) is 0.720. The number of carbonyl (C=O) groups excluding carboxylic acids is 1. The highest BCUT2D eigenvalue weighted by molar-refractivity contribution is 7.91. The van der Waals surface area contributed by atoms with Gasteiger partial charge < -0.3 is 10.6 Å². The Balaban J connectivity index is 1.73. The van der Waals surface area contributed by atoms with Crippen LogP contribution in [-0.2, 0) is 14.6 Å². The molecular formula is C11H20N2O3S. The summed E-state index contributed by atoms with van der Waals surface area (Å²) in [7, 11) is -2.83. The molecule has 0 spiro atoms. The SMILES string of the molecule is O=C(NCC1CCS(=O)(=O)C1)[C@@H]1CCCNC1. The molecule has 0 aromatic heterocycles. The highest BCUT2D eigenvalue weighted by Crippen LogP contribution is 2.17. The topological polar surface area (TPSA) is 75.3 Å². The van der Waals surface area contributed by atoms with Gasteiger partial charge in [-0.15, -0.1) is 0 Å². The van der Waals surface area contributed by atoms with E-state index in [0.29, 0.717) is 13.0 Å². The van der Waals surface area contributed by atoms with E-state index in [-0.39, 0.29) is 29.2 Å². The Bertz CT molecular complexity index is 374. The molecule has 2 atom stereocenters. The normalized spacial score (nSPS) is 32.2. The maximum Gasteiger partial charge on any atom is 0.224 e. The third-order valence-electron chi connectivity index (χ3n) is 3.56. The Morgan fingerprint density at radius 1 is 1.35 bits per heavy atom. The highest BCUT2D eigenvalue weighted by Gasteiger charge is 2.29. The number of carbonyl (C=O) groups is 1. The zero-order valence-corrected chi connectivity index (χ0v) is 10.8. The molecule has 0 aromatic carbocycles. The van der Waals surface area contributed by atoms with Crippen molar-refractivity contribution in [1.29, 1.82) is 0 Å². The molecule has 17 heavy (non-hydrogen) atoms. The molecule has 0 saturated carbocycles. The molecule has 1 amide bonds. The third-order valence-corrected chi connectivity index (χ3v) is 5.40. The minimum absolute atomic E-state index is 0.0572. The first-order valence-corrected chi connectivity index (χ1v) is 8.08. The van der Waals surface area contributed by atoms with Crippen LogP contribution in [0.3, 0.4) is 0 Å². The summed E-state index contributed by atoms with van der Waals surface area (Å²) >= 11 is 0. The lowest BCUT2D eigenvalue weighted by Gasteiger charge is -2.22. The predicted octanol–water partition coefficient (Wildman–Crippen LogP) is -0.463. The van der Waals surface area contributed by atoms with Crippen LogP contribution < -0.4 is 10.6 Å². The fourth-order valence-corrected chi connectivity index (χ4v) is 4.36. The van der Waals surface area contributed by atoms with Gasteiger partial charge in [-0.1, -0.05) is 0 Å². The number of hydrogen-bond donors (Lipinski definition) is 2. The molecule has 2 aliphatic heterocycles. The number of sulfone groups is 1. The molecule has 0 aliphatic carbocycles. The van der Waals surface area contributed by atoms with Gasteiger partial charge in [0, 0.05) is 13.1 Å². The van der Waals surface area contributed by atoms with E-state index >= 15 is 0 Å².